The van der Waals surface area contributed by atoms with Gasteiger partial charge in [0.2, 0.25) is 5.91 Å². The van der Waals surface area contributed by atoms with E-state index in [0.717, 1.165) is 11.3 Å². The van der Waals surface area contributed by atoms with E-state index in [-0.39, 0.29) is 17.6 Å². The zero-order valence-corrected chi connectivity index (χ0v) is 15.5. The number of carbonyl (C=O) groups excluding carboxylic acids is 1. The number of amides is 1. The number of hydrogen-bond acceptors (Lipinski definition) is 6. The molecule has 1 atom stereocenters. The third kappa shape index (κ3) is 4.25. The number of hydrogen-bond donors (Lipinski definition) is 3. The molecular weight excluding hydrogens is 344 g/mol. The zero-order valence-electron chi connectivity index (χ0n) is 15.5. The lowest BCUT2D eigenvalue weighted by Gasteiger charge is -2.14. The van der Waals surface area contributed by atoms with Crippen LogP contribution in [0.25, 0.3) is 10.9 Å². The molecule has 0 aliphatic rings. The molecule has 7 heteroatoms. The molecule has 27 heavy (non-hydrogen) atoms. The number of aromatic hydroxyl groups is 1. The van der Waals surface area contributed by atoms with E-state index >= 15 is 0 Å². The molecule has 0 aliphatic carbocycles. The number of aromatic nitrogens is 2. The number of benzene rings is 2. The van der Waals surface area contributed by atoms with Gasteiger partial charge in [0.15, 0.2) is 11.5 Å². The fourth-order valence-electron chi connectivity index (χ4n) is 2.78. The molecule has 1 heterocycles. The second-order valence-electron chi connectivity index (χ2n) is 6.35. The Hall–Kier alpha value is -3.35. The molecule has 3 aromatic rings. The monoisotopic (exact) mass is 366 g/mol. The number of carbonyl (C=O) groups is 1. The van der Waals surface area contributed by atoms with Crippen LogP contribution in [-0.4, -0.2) is 34.6 Å². The van der Waals surface area contributed by atoms with Gasteiger partial charge in [-0.25, -0.2) is 9.97 Å². The molecule has 3 N–H and O–H groups in total. The minimum atomic E-state index is -0.0318. The van der Waals surface area contributed by atoms with Crippen molar-refractivity contribution in [2.75, 3.05) is 19.0 Å². The first kappa shape index (κ1) is 18.4. The quantitative estimate of drug-likeness (QED) is 0.619. The predicted octanol–water partition coefficient (Wildman–Crippen LogP) is 3.33. The van der Waals surface area contributed by atoms with Crippen molar-refractivity contribution >= 4 is 28.3 Å². The predicted molar refractivity (Wildman–Crippen MR) is 105 cm³/mol. The fourth-order valence-corrected chi connectivity index (χ4v) is 2.78. The van der Waals surface area contributed by atoms with Crippen molar-refractivity contribution in [1.82, 2.24) is 15.3 Å². The van der Waals surface area contributed by atoms with Crippen LogP contribution in [0.15, 0.2) is 42.7 Å². The van der Waals surface area contributed by atoms with Gasteiger partial charge >= 0.3 is 0 Å². The van der Waals surface area contributed by atoms with Crippen molar-refractivity contribution in [1.29, 1.82) is 0 Å². The molecule has 0 saturated carbocycles. The van der Waals surface area contributed by atoms with Crippen molar-refractivity contribution in [2.45, 2.75) is 19.8 Å². The molecule has 2 aromatic carbocycles. The van der Waals surface area contributed by atoms with Crippen LogP contribution in [0.3, 0.4) is 0 Å². The van der Waals surface area contributed by atoms with Crippen LogP contribution in [-0.2, 0) is 4.79 Å². The van der Waals surface area contributed by atoms with Gasteiger partial charge in [-0.2, -0.15) is 0 Å². The van der Waals surface area contributed by atoms with Crippen molar-refractivity contribution in [3.05, 3.63) is 48.3 Å². The van der Waals surface area contributed by atoms with E-state index in [0.29, 0.717) is 29.0 Å². The highest BCUT2D eigenvalue weighted by molar-refractivity contribution is 5.92. The van der Waals surface area contributed by atoms with Gasteiger partial charge in [0.25, 0.3) is 0 Å². The van der Waals surface area contributed by atoms with Gasteiger partial charge in [-0.15, -0.1) is 0 Å². The Morgan fingerprint density at radius 3 is 2.63 bits per heavy atom. The summed E-state index contributed by atoms with van der Waals surface area (Å²) in [5, 5.41) is 16.8. The smallest absolute Gasteiger partial charge is 0.216 e. The third-order valence-electron chi connectivity index (χ3n) is 4.34. The third-order valence-corrected chi connectivity index (χ3v) is 4.34. The van der Waals surface area contributed by atoms with Crippen LogP contribution in [0.4, 0.5) is 11.5 Å². The molecule has 7 nitrogen and oxygen atoms in total. The molecule has 0 radical (unpaired) electrons. The summed E-state index contributed by atoms with van der Waals surface area (Å²) >= 11 is 0. The summed E-state index contributed by atoms with van der Waals surface area (Å²) in [5.74, 6) is 1.18. The number of phenols is 1. The largest absolute Gasteiger partial charge is 0.504 e. The number of fused-ring (bicyclic) bond motifs is 1. The van der Waals surface area contributed by atoms with Crippen LogP contribution in [0.1, 0.15) is 25.3 Å². The second kappa shape index (κ2) is 7.90. The summed E-state index contributed by atoms with van der Waals surface area (Å²) in [6.07, 6.45) is 1.46. The Morgan fingerprint density at radius 1 is 1.22 bits per heavy atom. The Labute approximate surface area is 157 Å². The van der Waals surface area contributed by atoms with E-state index in [1.165, 1.54) is 20.4 Å². The Bertz CT molecular complexity index is 957. The van der Waals surface area contributed by atoms with Crippen molar-refractivity contribution in [2.24, 2.45) is 0 Å². The Kier molecular flexibility index (Phi) is 5.40. The van der Waals surface area contributed by atoms with Gasteiger partial charge in [0.1, 0.15) is 12.1 Å². The van der Waals surface area contributed by atoms with Crippen molar-refractivity contribution in [3.8, 4) is 11.5 Å². The zero-order chi connectivity index (χ0) is 19.4. The normalized spacial score (nSPS) is 11.8. The minimum Gasteiger partial charge on any atom is -0.504 e. The molecule has 3 rings (SSSR count). The lowest BCUT2D eigenvalue weighted by molar-refractivity contribution is -0.119. The molecule has 0 unspecified atom stereocenters. The van der Waals surface area contributed by atoms with E-state index < -0.39 is 0 Å². The first-order valence-corrected chi connectivity index (χ1v) is 8.61. The lowest BCUT2D eigenvalue weighted by Crippen LogP contribution is -2.24. The molecule has 1 aromatic heterocycles. The highest BCUT2D eigenvalue weighted by Gasteiger charge is 2.11. The van der Waals surface area contributed by atoms with Gasteiger partial charge in [-0.3, -0.25) is 4.79 Å². The molecule has 0 fully saturated rings. The Balaban J connectivity index is 1.81. The average molecular weight is 366 g/mol. The topological polar surface area (TPSA) is 96.4 Å². The molecule has 0 spiro atoms. The number of ether oxygens (including phenoxy) is 1. The summed E-state index contributed by atoms with van der Waals surface area (Å²) in [6.45, 7) is 4.17. The molecule has 0 aliphatic heterocycles. The highest BCUT2D eigenvalue weighted by atomic mass is 16.5. The number of methoxy groups -OCH3 is 1. The van der Waals surface area contributed by atoms with Crippen molar-refractivity contribution in [3.63, 3.8) is 0 Å². The summed E-state index contributed by atoms with van der Waals surface area (Å²) in [6, 6.07) is 11.2. The number of rotatable bonds is 6. The van der Waals surface area contributed by atoms with Crippen molar-refractivity contribution < 1.29 is 14.6 Å². The van der Waals surface area contributed by atoms with E-state index in [1.807, 2.05) is 24.3 Å². The van der Waals surface area contributed by atoms with Crippen LogP contribution in [0.2, 0.25) is 0 Å². The minimum absolute atomic E-state index is 0.0318. The van der Waals surface area contributed by atoms with E-state index in [1.54, 1.807) is 12.1 Å². The Morgan fingerprint density at radius 2 is 1.96 bits per heavy atom. The SMILES string of the molecule is COc1cc2ncnc(Nc3ccc([C@H](C)CNC(C)=O)cc3)c2cc1O. The number of anilines is 2. The molecule has 0 bridgehead atoms. The number of nitrogens with one attached hydrogen (secondary N) is 2. The maximum absolute atomic E-state index is 11.0. The molecular formula is C20H22N4O3. The van der Waals surface area contributed by atoms with Crippen LogP contribution >= 0.6 is 0 Å². The maximum Gasteiger partial charge on any atom is 0.216 e. The van der Waals surface area contributed by atoms with E-state index in [9.17, 15) is 9.90 Å². The van der Waals surface area contributed by atoms with Crippen LogP contribution in [0, 0.1) is 0 Å². The van der Waals surface area contributed by atoms with Crippen LogP contribution in [0.5, 0.6) is 11.5 Å². The number of phenolic OH excluding ortho intramolecular Hbond substituents is 1. The van der Waals surface area contributed by atoms with E-state index in [2.05, 4.69) is 27.5 Å². The number of nitrogens with zero attached hydrogens (tertiary/aromatic N) is 2. The summed E-state index contributed by atoms with van der Waals surface area (Å²) < 4.78 is 5.12. The van der Waals surface area contributed by atoms with Gasteiger partial charge in [0.05, 0.1) is 12.6 Å². The lowest BCUT2D eigenvalue weighted by atomic mass is 10.0. The highest BCUT2D eigenvalue weighted by Crippen LogP contribution is 2.33. The summed E-state index contributed by atoms with van der Waals surface area (Å²) in [5.41, 5.74) is 2.66. The van der Waals surface area contributed by atoms with Gasteiger partial charge in [0, 0.05) is 30.6 Å². The average Bonchev–Trinajstić information content (AvgIpc) is 2.66. The van der Waals surface area contributed by atoms with Gasteiger partial charge in [-0.05, 0) is 29.7 Å². The second-order valence-corrected chi connectivity index (χ2v) is 6.35. The molecule has 1 amide bonds. The maximum atomic E-state index is 11.0. The summed E-state index contributed by atoms with van der Waals surface area (Å²) in [4.78, 5) is 19.6. The molecule has 140 valence electrons. The standard InChI is InChI=1S/C20H22N4O3/c1-12(10-21-13(2)25)14-4-6-15(7-5-14)24-20-16-8-18(26)19(27-3)9-17(16)22-11-23-20/h4-9,11-12,26H,10H2,1-3H3,(H,21,25)(H,22,23,24)/t12-/m1/s1. The van der Waals surface area contributed by atoms with E-state index in [4.69, 9.17) is 4.74 Å². The fraction of sp³-hybridized carbons (Fsp3) is 0.250. The van der Waals surface area contributed by atoms with Gasteiger partial charge in [-0.1, -0.05) is 19.1 Å². The molecule has 0 saturated heterocycles. The first-order chi connectivity index (χ1) is 13.0. The van der Waals surface area contributed by atoms with Gasteiger partial charge < -0.3 is 20.5 Å². The van der Waals surface area contributed by atoms with Crippen LogP contribution < -0.4 is 15.4 Å². The first-order valence-electron chi connectivity index (χ1n) is 8.61. The summed E-state index contributed by atoms with van der Waals surface area (Å²) in [7, 11) is 1.50.